The third kappa shape index (κ3) is 3.73. The average Bonchev–Trinajstić information content (AvgIpc) is 3.11. The summed E-state index contributed by atoms with van der Waals surface area (Å²) in [6, 6.07) is 8.18. The Bertz CT molecular complexity index is 777. The van der Waals surface area contributed by atoms with Crippen LogP contribution in [0, 0.1) is 5.41 Å². The van der Waals surface area contributed by atoms with Gasteiger partial charge in [0.1, 0.15) is 0 Å². The van der Waals surface area contributed by atoms with Gasteiger partial charge in [0.25, 0.3) is 0 Å². The number of carbonyl (C=O) groups excluding carboxylic acids is 1. The van der Waals surface area contributed by atoms with E-state index in [1.54, 1.807) is 25.6 Å². The topological polar surface area (TPSA) is 38.8 Å². The van der Waals surface area contributed by atoms with Crippen molar-refractivity contribution in [2.45, 2.75) is 39.7 Å². The monoisotopic (exact) mass is 373 g/mol. The van der Waals surface area contributed by atoms with Gasteiger partial charge in [0.2, 0.25) is 5.91 Å². The molecule has 1 atom stereocenters. The largest absolute Gasteiger partial charge is 0.493 e. The summed E-state index contributed by atoms with van der Waals surface area (Å²) < 4.78 is 11.0. The number of amides is 1. The molecule has 1 aliphatic rings. The first-order chi connectivity index (χ1) is 12.3. The number of fused-ring (bicyclic) bond motifs is 1. The van der Waals surface area contributed by atoms with Crippen molar-refractivity contribution < 1.29 is 14.3 Å². The van der Waals surface area contributed by atoms with E-state index < -0.39 is 0 Å². The first-order valence-electron chi connectivity index (χ1n) is 8.91. The molecule has 1 amide bonds. The highest BCUT2D eigenvalue weighted by Gasteiger charge is 2.35. The predicted molar refractivity (Wildman–Crippen MR) is 105 cm³/mol. The maximum atomic E-state index is 13.1. The number of methoxy groups -OCH3 is 2. The van der Waals surface area contributed by atoms with Crippen molar-refractivity contribution in [1.29, 1.82) is 0 Å². The van der Waals surface area contributed by atoms with E-state index in [9.17, 15) is 4.79 Å². The van der Waals surface area contributed by atoms with E-state index in [2.05, 4.69) is 38.3 Å². The Labute approximate surface area is 159 Å². The Morgan fingerprint density at radius 2 is 1.92 bits per heavy atom. The molecule has 0 saturated carbocycles. The third-order valence-corrected chi connectivity index (χ3v) is 5.61. The number of rotatable bonds is 4. The highest BCUT2D eigenvalue weighted by Crippen LogP contribution is 2.42. The molecule has 0 aliphatic carbocycles. The summed E-state index contributed by atoms with van der Waals surface area (Å²) in [4.78, 5) is 16.3. The summed E-state index contributed by atoms with van der Waals surface area (Å²) in [7, 11) is 3.30. The summed E-state index contributed by atoms with van der Waals surface area (Å²) >= 11 is 1.69. The van der Waals surface area contributed by atoms with E-state index in [1.807, 2.05) is 17.0 Å². The van der Waals surface area contributed by atoms with Gasteiger partial charge in [0.05, 0.1) is 20.3 Å². The molecule has 0 fully saturated rings. The van der Waals surface area contributed by atoms with Crippen LogP contribution in [-0.2, 0) is 11.2 Å². The van der Waals surface area contributed by atoms with Gasteiger partial charge in [-0.25, -0.2) is 0 Å². The van der Waals surface area contributed by atoms with Crippen molar-refractivity contribution in [2.24, 2.45) is 5.41 Å². The maximum absolute atomic E-state index is 13.1. The molecule has 0 bridgehead atoms. The van der Waals surface area contributed by atoms with E-state index >= 15 is 0 Å². The Hall–Kier alpha value is -2.01. The third-order valence-electron chi connectivity index (χ3n) is 4.69. The molecule has 2 heterocycles. The molecular formula is C21H27NO3S. The molecule has 3 rings (SSSR count). The number of thiophene rings is 1. The van der Waals surface area contributed by atoms with Crippen LogP contribution in [0.25, 0.3) is 0 Å². The Kier molecular flexibility index (Phi) is 5.28. The van der Waals surface area contributed by atoms with E-state index in [0.29, 0.717) is 12.2 Å². The predicted octanol–water partition coefficient (Wildman–Crippen LogP) is 4.68. The van der Waals surface area contributed by atoms with Gasteiger partial charge in [0, 0.05) is 17.8 Å². The Morgan fingerprint density at radius 1 is 1.23 bits per heavy atom. The fourth-order valence-corrected chi connectivity index (χ4v) is 4.38. The molecule has 5 heteroatoms. The SMILES string of the molecule is COc1cc2c(cc1OC)[C@H](c1cccs1)N(C(=O)CC(C)(C)C)CC2. The average molecular weight is 374 g/mol. The van der Waals surface area contributed by atoms with Crippen molar-refractivity contribution >= 4 is 17.2 Å². The van der Waals surface area contributed by atoms with Gasteiger partial charge < -0.3 is 14.4 Å². The van der Waals surface area contributed by atoms with Crippen LogP contribution in [0.5, 0.6) is 11.5 Å². The number of hydrogen-bond donors (Lipinski definition) is 0. The zero-order valence-corrected chi connectivity index (χ0v) is 17.0. The summed E-state index contributed by atoms with van der Waals surface area (Å²) in [5.74, 6) is 1.65. The van der Waals surface area contributed by atoms with Gasteiger partial charge in [0.15, 0.2) is 11.5 Å². The van der Waals surface area contributed by atoms with Crippen LogP contribution in [0.3, 0.4) is 0 Å². The second kappa shape index (κ2) is 7.31. The van der Waals surface area contributed by atoms with Crippen molar-refractivity contribution in [3.8, 4) is 11.5 Å². The van der Waals surface area contributed by atoms with Gasteiger partial charge in [-0.1, -0.05) is 26.8 Å². The van der Waals surface area contributed by atoms with Gasteiger partial charge >= 0.3 is 0 Å². The number of hydrogen-bond acceptors (Lipinski definition) is 4. The Balaban J connectivity index is 2.07. The molecule has 0 radical (unpaired) electrons. The second-order valence-corrected chi connectivity index (χ2v) is 8.88. The first-order valence-corrected chi connectivity index (χ1v) is 9.79. The van der Waals surface area contributed by atoms with Crippen LogP contribution in [0.4, 0.5) is 0 Å². The molecule has 0 spiro atoms. The minimum Gasteiger partial charge on any atom is -0.493 e. The standard InChI is InChI=1S/C21H27NO3S/c1-21(2,3)13-19(23)22-9-8-14-11-16(24-4)17(25-5)12-15(14)20(22)18-7-6-10-26-18/h6-7,10-12,20H,8-9,13H2,1-5H3/t20-/m1/s1. The lowest BCUT2D eigenvalue weighted by Crippen LogP contribution is -2.41. The zero-order chi connectivity index (χ0) is 18.9. The van der Waals surface area contributed by atoms with E-state index in [4.69, 9.17) is 9.47 Å². The van der Waals surface area contributed by atoms with Gasteiger partial charge in [-0.3, -0.25) is 4.79 Å². The minimum atomic E-state index is -0.0617. The van der Waals surface area contributed by atoms with E-state index in [1.165, 1.54) is 10.4 Å². The van der Waals surface area contributed by atoms with E-state index in [-0.39, 0.29) is 17.4 Å². The lowest BCUT2D eigenvalue weighted by atomic mass is 9.87. The molecule has 2 aromatic rings. The van der Waals surface area contributed by atoms with Crippen molar-refractivity contribution in [3.05, 3.63) is 45.6 Å². The quantitative estimate of drug-likeness (QED) is 0.781. The van der Waals surface area contributed by atoms with Crippen molar-refractivity contribution in [3.63, 3.8) is 0 Å². The molecule has 26 heavy (non-hydrogen) atoms. The van der Waals surface area contributed by atoms with Gasteiger partial charge in [-0.2, -0.15) is 0 Å². The molecule has 0 saturated heterocycles. The smallest absolute Gasteiger partial charge is 0.223 e. The molecule has 4 nitrogen and oxygen atoms in total. The highest BCUT2D eigenvalue weighted by atomic mass is 32.1. The second-order valence-electron chi connectivity index (χ2n) is 7.90. The fraction of sp³-hybridized carbons (Fsp3) is 0.476. The normalized spacial score (nSPS) is 17.0. The van der Waals surface area contributed by atoms with Crippen LogP contribution in [-0.4, -0.2) is 31.6 Å². The molecule has 1 aromatic carbocycles. The number of carbonyl (C=O) groups is 1. The van der Waals surface area contributed by atoms with Crippen LogP contribution < -0.4 is 9.47 Å². The highest BCUT2D eigenvalue weighted by molar-refractivity contribution is 7.10. The first kappa shape index (κ1) is 18.8. The van der Waals surface area contributed by atoms with Gasteiger partial charge in [-0.15, -0.1) is 11.3 Å². The molecule has 0 N–H and O–H groups in total. The summed E-state index contributed by atoms with van der Waals surface area (Å²) in [5.41, 5.74) is 2.33. The Morgan fingerprint density at radius 3 is 2.50 bits per heavy atom. The van der Waals surface area contributed by atoms with Crippen LogP contribution in [0.2, 0.25) is 0 Å². The summed E-state index contributed by atoms with van der Waals surface area (Å²) in [5, 5.41) is 2.07. The van der Waals surface area contributed by atoms with Gasteiger partial charge in [-0.05, 0) is 46.5 Å². The minimum absolute atomic E-state index is 0.0328. The number of ether oxygens (including phenoxy) is 2. The lowest BCUT2D eigenvalue weighted by molar-refractivity contribution is -0.135. The lowest BCUT2D eigenvalue weighted by Gasteiger charge is -2.38. The molecular weight excluding hydrogens is 346 g/mol. The number of benzene rings is 1. The van der Waals surface area contributed by atoms with Crippen molar-refractivity contribution in [2.75, 3.05) is 20.8 Å². The number of nitrogens with zero attached hydrogens (tertiary/aromatic N) is 1. The summed E-state index contributed by atoms with van der Waals surface area (Å²) in [6.45, 7) is 7.05. The van der Waals surface area contributed by atoms with Crippen LogP contribution in [0.1, 0.15) is 49.2 Å². The molecule has 140 valence electrons. The maximum Gasteiger partial charge on any atom is 0.223 e. The van der Waals surface area contributed by atoms with E-state index in [0.717, 1.165) is 24.3 Å². The van der Waals surface area contributed by atoms with Crippen LogP contribution >= 0.6 is 11.3 Å². The molecule has 0 unspecified atom stereocenters. The van der Waals surface area contributed by atoms with Crippen LogP contribution in [0.15, 0.2) is 29.6 Å². The summed E-state index contributed by atoms with van der Waals surface area (Å²) in [6.07, 6.45) is 1.37. The van der Waals surface area contributed by atoms with Crippen molar-refractivity contribution in [1.82, 2.24) is 4.90 Å². The zero-order valence-electron chi connectivity index (χ0n) is 16.2. The molecule has 1 aromatic heterocycles. The molecule has 1 aliphatic heterocycles. The fourth-order valence-electron chi connectivity index (χ4n) is 3.52.